The summed E-state index contributed by atoms with van der Waals surface area (Å²) < 4.78 is 22.7. The molecule has 1 aliphatic carbocycles. The number of hydrazone groups is 1. The molecule has 3 atom stereocenters. The van der Waals surface area contributed by atoms with Crippen LogP contribution in [-0.2, 0) is 9.47 Å². The Kier molecular flexibility index (Phi) is 10.4. The fourth-order valence-electron chi connectivity index (χ4n) is 7.53. The maximum Gasteiger partial charge on any atom is 0.350 e. The van der Waals surface area contributed by atoms with Crippen LogP contribution in [0.2, 0.25) is 0 Å². The van der Waals surface area contributed by atoms with Crippen molar-refractivity contribution in [2.45, 2.75) is 76.7 Å². The first kappa shape index (κ1) is 33.4. The van der Waals surface area contributed by atoms with E-state index < -0.39 is 5.79 Å². The van der Waals surface area contributed by atoms with Crippen LogP contribution in [-0.4, -0.2) is 89.9 Å². The van der Waals surface area contributed by atoms with E-state index >= 15 is 0 Å². The summed E-state index contributed by atoms with van der Waals surface area (Å²) in [5.41, 5.74) is 3.10. The van der Waals surface area contributed by atoms with Crippen molar-refractivity contribution in [2.24, 2.45) is 11.0 Å². The number of benzene rings is 2. The molecule has 1 saturated carbocycles. The third-order valence-electron chi connectivity index (χ3n) is 10.6. The van der Waals surface area contributed by atoms with E-state index in [2.05, 4.69) is 74.4 Å². The summed E-state index contributed by atoms with van der Waals surface area (Å²) in [6.45, 7) is 10.4. The zero-order valence-electron chi connectivity index (χ0n) is 29.0. The zero-order valence-corrected chi connectivity index (χ0v) is 29.0. The van der Waals surface area contributed by atoms with Gasteiger partial charge in [0.2, 0.25) is 0 Å². The maximum atomic E-state index is 12.8. The average molecular weight is 670 g/mol. The van der Waals surface area contributed by atoms with Crippen molar-refractivity contribution in [1.29, 1.82) is 0 Å². The lowest BCUT2D eigenvalue weighted by Crippen LogP contribution is -2.48. The highest BCUT2D eigenvalue weighted by Gasteiger charge is 2.50. The molecule has 262 valence electrons. The van der Waals surface area contributed by atoms with E-state index in [1.54, 1.807) is 15.6 Å². The molecule has 3 aromatic rings. The van der Waals surface area contributed by atoms with E-state index in [1.807, 2.05) is 31.3 Å². The smallest absolute Gasteiger partial charge is 0.350 e. The third kappa shape index (κ3) is 7.57. The minimum absolute atomic E-state index is 0.0788. The first-order valence-corrected chi connectivity index (χ1v) is 18.3. The highest BCUT2D eigenvalue weighted by atomic mass is 16.8. The van der Waals surface area contributed by atoms with Gasteiger partial charge >= 0.3 is 5.69 Å². The Morgan fingerprint density at radius 2 is 1.59 bits per heavy atom. The Hall–Kier alpha value is -4.09. The molecule has 0 N–H and O–H groups in total. The molecule has 0 spiro atoms. The molecule has 0 radical (unpaired) electrons. The van der Waals surface area contributed by atoms with Crippen LogP contribution >= 0.6 is 0 Å². The summed E-state index contributed by atoms with van der Waals surface area (Å²) in [6, 6.07) is 16.7. The van der Waals surface area contributed by atoms with Crippen LogP contribution in [0, 0.1) is 5.92 Å². The third-order valence-corrected chi connectivity index (χ3v) is 10.6. The van der Waals surface area contributed by atoms with Gasteiger partial charge in [0, 0.05) is 56.2 Å². The molecule has 3 fully saturated rings. The van der Waals surface area contributed by atoms with Crippen molar-refractivity contribution in [3.8, 4) is 11.4 Å². The van der Waals surface area contributed by atoms with Gasteiger partial charge in [0.1, 0.15) is 24.8 Å². The standard InChI is InChI=1S/C38H51N7O4/c1-3-30(2)45-37(46)44(29-40-45)34-14-12-32(13-15-34)41-22-24-42(25-23-41)33-16-18-35(19-17-33)47-26-36-27-48-38(49-36,31-10-6-7-11-31)28-43-21-9-5-4-8-20-39-43/h4,8,12-20,29-31,36H,3,5-7,9-11,21-28H2,1-2H3/b8-4+,39-20?. The van der Waals surface area contributed by atoms with Gasteiger partial charge in [0.05, 0.1) is 24.9 Å². The molecular weight excluding hydrogens is 618 g/mol. The molecular formula is C38H51N7O4. The van der Waals surface area contributed by atoms with Gasteiger partial charge in [-0.15, -0.1) is 0 Å². The van der Waals surface area contributed by atoms with E-state index in [1.165, 1.54) is 18.5 Å². The molecule has 3 aliphatic heterocycles. The van der Waals surface area contributed by atoms with Crippen molar-refractivity contribution in [1.82, 2.24) is 19.4 Å². The van der Waals surface area contributed by atoms with Crippen LogP contribution in [0.3, 0.4) is 0 Å². The topological polar surface area (TPSA) is 89.6 Å². The first-order valence-electron chi connectivity index (χ1n) is 18.3. The van der Waals surface area contributed by atoms with Gasteiger partial charge in [-0.2, -0.15) is 10.2 Å². The summed E-state index contributed by atoms with van der Waals surface area (Å²) >= 11 is 0. The average Bonchev–Trinajstić information content (AvgIpc) is 3.90. The lowest BCUT2D eigenvalue weighted by atomic mass is 9.96. The Labute approximate surface area is 289 Å². The van der Waals surface area contributed by atoms with Gasteiger partial charge in [-0.05, 0) is 93.6 Å². The molecule has 2 aromatic carbocycles. The van der Waals surface area contributed by atoms with Crippen LogP contribution in [0.1, 0.15) is 64.8 Å². The molecule has 4 heterocycles. The van der Waals surface area contributed by atoms with Gasteiger partial charge in [0.25, 0.3) is 0 Å². The van der Waals surface area contributed by atoms with Gasteiger partial charge in [-0.3, -0.25) is 5.01 Å². The van der Waals surface area contributed by atoms with Crippen LogP contribution < -0.4 is 20.2 Å². The fraction of sp³-hybridized carbons (Fsp3) is 0.553. The second-order valence-corrected chi connectivity index (χ2v) is 13.8. The number of nitrogens with zero attached hydrogens (tertiary/aromatic N) is 7. The number of allylic oxidation sites excluding steroid dienone is 2. The lowest BCUT2D eigenvalue weighted by molar-refractivity contribution is -0.216. The van der Waals surface area contributed by atoms with Crippen molar-refractivity contribution >= 4 is 17.6 Å². The second kappa shape index (κ2) is 15.2. The number of piperazine rings is 1. The SMILES string of the molecule is CCC(C)n1ncn(-c2ccc(N3CCN(c4ccc(OCC5COC(CN6CCC/C=C/C=N6)(C6CCCC6)O5)cc4)CC3)cc2)c1=O. The molecule has 3 unspecified atom stereocenters. The van der Waals surface area contributed by atoms with E-state index in [0.29, 0.717) is 25.7 Å². The van der Waals surface area contributed by atoms with Gasteiger partial charge in [-0.25, -0.2) is 14.0 Å². The van der Waals surface area contributed by atoms with Crippen LogP contribution in [0.15, 0.2) is 76.9 Å². The number of rotatable bonds is 11. The number of hydrogen-bond acceptors (Lipinski definition) is 9. The van der Waals surface area contributed by atoms with Crippen molar-refractivity contribution in [2.75, 3.05) is 62.3 Å². The van der Waals surface area contributed by atoms with E-state index in [9.17, 15) is 4.79 Å². The van der Waals surface area contributed by atoms with E-state index in [0.717, 1.165) is 82.0 Å². The Bertz CT molecular complexity index is 1620. The van der Waals surface area contributed by atoms with Gasteiger partial charge < -0.3 is 24.0 Å². The molecule has 49 heavy (non-hydrogen) atoms. The predicted molar refractivity (Wildman–Crippen MR) is 193 cm³/mol. The number of hydrogen-bond donors (Lipinski definition) is 0. The van der Waals surface area contributed by atoms with Crippen LogP contribution in [0.4, 0.5) is 11.4 Å². The summed E-state index contributed by atoms with van der Waals surface area (Å²) in [5, 5.41) is 11.1. The number of ether oxygens (including phenoxy) is 3. The molecule has 7 rings (SSSR count). The van der Waals surface area contributed by atoms with E-state index in [4.69, 9.17) is 14.2 Å². The fourth-order valence-corrected chi connectivity index (χ4v) is 7.53. The Morgan fingerprint density at radius 1 is 0.918 bits per heavy atom. The largest absolute Gasteiger partial charge is 0.491 e. The predicted octanol–water partition coefficient (Wildman–Crippen LogP) is 5.65. The molecule has 11 heteroatoms. The highest BCUT2D eigenvalue weighted by Crippen LogP contribution is 2.42. The molecule has 0 amide bonds. The first-order chi connectivity index (χ1) is 24.0. The van der Waals surface area contributed by atoms with Gasteiger partial charge in [0.15, 0.2) is 5.79 Å². The summed E-state index contributed by atoms with van der Waals surface area (Å²) in [7, 11) is 0. The summed E-state index contributed by atoms with van der Waals surface area (Å²) in [6.07, 6.45) is 15.4. The Balaban J connectivity index is 0.898. The number of anilines is 2. The minimum Gasteiger partial charge on any atom is -0.491 e. The summed E-state index contributed by atoms with van der Waals surface area (Å²) in [4.78, 5) is 17.6. The van der Waals surface area contributed by atoms with Crippen molar-refractivity contribution < 1.29 is 14.2 Å². The van der Waals surface area contributed by atoms with Crippen LogP contribution in [0.25, 0.3) is 5.69 Å². The molecule has 1 aromatic heterocycles. The molecule has 2 saturated heterocycles. The maximum absolute atomic E-state index is 12.8. The lowest BCUT2D eigenvalue weighted by Gasteiger charge is -2.37. The highest BCUT2D eigenvalue weighted by molar-refractivity contribution is 5.70. The zero-order chi connectivity index (χ0) is 33.6. The molecule has 4 aliphatic rings. The van der Waals surface area contributed by atoms with E-state index in [-0.39, 0.29) is 17.8 Å². The quantitative estimate of drug-likeness (QED) is 0.259. The molecule has 11 nitrogen and oxygen atoms in total. The number of aromatic nitrogens is 3. The summed E-state index contributed by atoms with van der Waals surface area (Å²) in [5.74, 6) is 0.623. The van der Waals surface area contributed by atoms with Gasteiger partial charge in [-0.1, -0.05) is 25.8 Å². The normalized spacial score (nSPS) is 24.6. The second-order valence-electron chi connectivity index (χ2n) is 13.8. The van der Waals surface area contributed by atoms with Crippen molar-refractivity contribution in [3.05, 3.63) is 77.5 Å². The monoisotopic (exact) mass is 669 g/mol. The Morgan fingerprint density at radius 3 is 2.29 bits per heavy atom. The van der Waals surface area contributed by atoms with Crippen molar-refractivity contribution in [3.63, 3.8) is 0 Å². The molecule has 0 bridgehead atoms. The minimum atomic E-state index is -0.615. The van der Waals surface area contributed by atoms with Crippen LogP contribution in [0.5, 0.6) is 5.75 Å².